The smallest absolute Gasteiger partial charge is 0.250 e. The van der Waals surface area contributed by atoms with Gasteiger partial charge in [-0.25, -0.2) is 0 Å². The summed E-state index contributed by atoms with van der Waals surface area (Å²) in [6.45, 7) is 0.00426. The number of amides is 2. The maximum absolute atomic E-state index is 11.8. The average Bonchev–Trinajstić information content (AvgIpc) is 2.75. The molecule has 0 aliphatic heterocycles. The van der Waals surface area contributed by atoms with Crippen molar-refractivity contribution in [2.75, 3.05) is 11.1 Å². The molecule has 0 fully saturated rings. The molecule has 98 valence electrons. The number of anilines is 2. The quantitative estimate of drug-likeness (QED) is 0.727. The van der Waals surface area contributed by atoms with Gasteiger partial charge in [0.05, 0.1) is 11.3 Å². The second kappa shape index (κ2) is 5.21. The summed E-state index contributed by atoms with van der Waals surface area (Å²) in [5, 5.41) is 6.50. The molecule has 0 aliphatic rings. The number of carbonyl (C=O) groups excluding carboxylic acids is 2. The molecule has 0 aliphatic carbocycles. The van der Waals surface area contributed by atoms with E-state index in [-0.39, 0.29) is 18.0 Å². The highest BCUT2D eigenvalue weighted by atomic mass is 16.2. The molecule has 1 aromatic heterocycles. The average molecular weight is 259 g/mol. The largest absolute Gasteiger partial charge is 0.382 e. The van der Waals surface area contributed by atoms with Gasteiger partial charge in [-0.2, -0.15) is 5.10 Å². The van der Waals surface area contributed by atoms with Crippen molar-refractivity contribution in [2.45, 2.75) is 6.54 Å². The van der Waals surface area contributed by atoms with Crippen LogP contribution in [0.15, 0.2) is 36.5 Å². The van der Waals surface area contributed by atoms with E-state index in [1.165, 1.54) is 4.68 Å². The van der Waals surface area contributed by atoms with Gasteiger partial charge >= 0.3 is 0 Å². The second-order valence-corrected chi connectivity index (χ2v) is 3.90. The summed E-state index contributed by atoms with van der Waals surface area (Å²) in [5.74, 6) is -0.582. The van der Waals surface area contributed by atoms with E-state index in [4.69, 9.17) is 11.5 Å². The Bertz CT molecular complexity index is 620. The van der Waals surface area contributed by atoms with Crippen molar-refractivity contribution in [1.29, 1.82) is 0 Å². The Morgan fingerprint density at radius 2 is 2.00 bits per heavy atom. The lowest BCUT2D eigenvalue weighted by Crippen LogP contribution is -2.22. The van der Waals surface area contributed by atoms with Crippen LogP contribution in [-0.2, 0) is 11.3 Å². The van der Waals surface area contributed by atoms with E-state index in [0.717, 1.165) is 0 Å². The van der Waals surface area contributed by atoms with Crippen LogP contribution in [0.5, 0.6) is 0 Å². The van der Waals surface area contributed by atoms with Gasteiger partial charge in [-0.3, -0.25) is 14.3 Å². The minimum atomic E-state index is -0.598. The predicted molar refractivity (Wildman–Crippen MR) is 70.2 cm³/mol. The molecule has 0 saturated heterocycles. The van der Waals surface area contributed by atoms with E-state index in [1.54, 1.807) is 36.5 Å². The third-order valence-electron chi connectivity index (χ3n) is 2.43. The Balaban J connectivity index is 2.09. The third kappa shape index (κ3) is 3.09. The van der Waals surface area contributed by atoms with Crippen LogP contribution in [0.4, 0.5) is 11.5 Å². The molecule has 2 rings (SSSR count). The number of benzene rings is 1. The zero-order valence-corrected chi connectivity index (χ0v) is 10.0. The highest BCUT2D eigenvalue weighted by molar-refractivity contribution is 6.02. The highest BCUT2D eigenvalue weighted by Gasteiger charge is 2.10. The summed E-state index contributed by atoms with van der Waals surface area (Å²) < 4.78 is 1.40. The summed E-state index contributed by atoms with van der Waals surface area (Å²) in [4.78, 5) is 23.0. The molecule has 7 nitrogen and oxygen atoms in total. The van der Waals surface area contributed by atoms with E-state index < -0.39 is 5.91 Å². The zero-order chi connectivity index (χ0) is 13.8. The molecular weight excluding hydrogens is 246 g/mol. The van der Waals surface area contributed by atoms with E-state index >= 15 is 0 Å². The molecular formula is C12H13N5O2. The molecule has 1 heterocycles. The normalized spacial score (nSPS) is 10.1. The molecule has 0 unspecified atom stereocenters. The molecule has 2 aromatic rings. The Labute approximate surface area is 109 Å². The first-order chi connectivity index (χ1) is 9.06. The van der Waals surface area contributed by atoms with Gasteiger partial charge in [-0.05, 0) is 18.2 Å². The molecule has 0 atom stereocenters. The number of rotatable bonds is 4. The van der Waals surface area contributed by atoms with Crippen molar-refractivity contribution in [3.05, 3.63) is 42.1 Å². The van der Waals surface area contributed by atoms with Gasteiger partial charge in [-0.1, -0.05) is 12.1 Å². The number of aromatic nitrogens is 2. The van der Waals surface area contributed by atoms with E-state index in [9.17, 15) is 9.59 Å². The van der Waals surface area contributed by atoms with Gasteiger partial charge in [0.25, 0.3) is 5.91 Å². The maximum Gasteiger partial charge on any atom is 0.250 e. The van der Waals surface area contributed by atoms with Crippen molar-refractivity contribution < 1.29 is 9.59 Å². The van der Waals surface area contributed by atoms with Crippen molar-refractivity contribution >= 4 is 23.3 Å². The molecule has 0 bridgehead atoms. The molecule has 0 radical (unpaired) electrons. The minimum absolute atomic E-state index is 0.00426. The van der Waals surface area contributed by atoms with Gasteiger partial charge in [0.2, 0.25) is 5.91 Å². The molecule has 0 spiro atoms. The standard InChI is InChI=1S/C12H13N5O2/c13-10-5-6-17(16-10)7-11(18)15-9-4-2-1-3-8(9)12(14)19/h1-6H,7H2,(H2,13,16)(H2,14,19)(H,15,18). The number of primary amides is 1. The van der Waals surface area contributed by atoms with E-state index in [1.807, 2.05) is 0 Å². The number of nitrogen functional groups attached to an aromatic ring is 1. The van der Waals surface area contributed by atoms with Crippen LogP contribution in [0, 0.1) is 0 Å². The summed E-state index contributed by atoms with van der Waals surface area (Å²) in [7, 11) is 0. The first-order valence-corrected chi connectivity index (χ1v) is 5.54. The van der Waals surface area contributed by atoms with Crippen molar-refractivity contribution in [1.82, 2.24) is 9.78 Å². The van der Waals surface area contributed by atoms with Gasteiger partial charge in [0, 0.05) is 6.20 Å². The van der Waals surface area contributed by atoms with Crippen LogP contribution >= 0.6 is 0 Å². The number of hydrogen-bond donors (Lipinski definition) is 3. The Kier molecular flexibility index (Phi) is 3.46. The fourth-order valence-electron chi connectivity index (χ4n) is 1.61. The molecule has 2 amide bonds. The fourth-order valence-corrected chi connectivity index (χ4v) is 1.61. The third-order valence-corrected chi connectivity index (χ3v) is 2.43. The fraction of sp³-hybridized carbons (Fsp3) is 0.0833. The van der Waals surface area contributed by atoms with Crippen LogP contribution in [0.1, 0.15) is 10.4 Å². The Morgan fingerprint density at radius 1 is 1.26 bits per heavy atom. The number of para-hydroxylation sites is 1. The SMILES string of the molecule is NC(=O)c1ccccc1NC(=O)Cn1ccc(N)n1. The Hall–Kier alpha value is -2.83. The van der Waals surface area contributed by atoms with Crippen molar-refractivity contribution in [3.8, 4) is 0 Å². The first-order valence-electron chi connectivity index (χ1n) is 5.54. The molecule has 7 heteroatoms. The summed E-state index contributed by atoms with van der Waals surface area (Å²) in [5.41, 5.74) is 11.3. The first kappa shape index (κ1) is 12.6. The maximum atomic E-state index is 11.8. The number of hydrogen-bond acceptors (Lipinski definition) is 4. The van der Waals surface area contributed by atoms with E-state index in [0.29, 0.717) is 11.5 Å². The topological polar surface area (TPSA) is 116 Å². The van der Waals surface area contributed by atoms with Crippen LogP contribution in [0.3, 0.4) is 0 Å². The monoisotopic (exact) mass is 259 g/mol. The second-order valence-electron chi connectivity index (χ2n) is 3.90. The van der Waals surface area contributed by atoms with Crippen LogP contribution in [0.2, 0.25) is 0 Å². The summed E-state index contributed by atoms with van der Waals surface area (Å²) in [6, 6.07) is 8.11. The Morgan fingerprint density at radius 3 is 2.63 bits per heavy atom. The lowest BCUT2D eigenvalue weighted by molar-refractivity contribution is -0.116. The summed E-state index contributed by atoms with van der Waals surface area (Å²) in [6.07, 6.45) is 1.59. The number of carbonyl (C=O) groups is 2. The molecule has 1 aromatic carbocycles. The summed E-state index contributed by atoms with van der Waals surface area (Å²) >= 11 is 0. The van der Waals surface area contributed by atoms with Gasteiger partial charge < -0.3 is 16.8 Å². The number of nitrogens with zero attached hydrogens (tertiary/aromatic N) is 2. The highest BCUT2D eigenvalue weighted by Crippen LogP contribution is 2.14. The van der Waals surface area contributed by atoms with Gasteiger partial charge in [0.15, 0.2) is 0 Å². The van der Waals surface area contributed by atoms with Crippen LogP contribution in [-0.4, -0.2) is 21.6 Å². The zero-order valence-electron chi connectivity index (χ0n) is 10.0. The number of nitrogens with two attached hydrogens (primary N) is 2. The van der Waals surface area contributed by atoms with Crippen molar-refractivity contribution in [3.63, 3.8) is 0 Å². The van der Waals surface area contributed by atoms with Gasteiger partial charge in [0.1, 0.15) is 12.4 Å². The molecule has 5 N–H and O–H groups in total. The lowest BCUT2D eigenvalue weighted by Gasteiger charge is -2.08. The molecule has 19 heavy (non-hydrogen) atoms. The van der Waals surface area contributed by atoms with Crippen LogP contribution in [0.25, 0.3) is 0 Å². The lowest BCUT2D eigenvalue weighted by atomic mass is 10.1. The number of nitrogens with one attached hydrogen (secondary N) is 1. The van der Waals surface area contributed by atoms with Gasteiger partial charge in [-0.15, -0.1) is 0 Å². The van der Waals surface area contributed by atoms with Crippen LogP contribution < -0.4 is 16.8 Å². The minimum Gasteiger partial charge on any atom is -0.382 e. The van der Waals surface area contributed by atoms with Crippen molar-refractivity contribution in [2.24, 2.45) is 5.73 Å². The molecule has 0 saturated carbocycles. The van der Waals surface area contributed by atoms with E-state index in [2.05, 4.69) is 10.4 Å². The predicted octanol–water partition coefficient (Wildman–Crippen LogP) is 0.203.